The molecule has 4 nitrogen and oxygen atoms in total. The molecule has 1 amide bonds. The number of aromatic nitrogens is 1. The molecule has 1 N–H and O–H groups in total. The van der Waals surface area contributed by atoms with Gasteiger partial charge in [0.05, 0.1) is 10.7 Å². The summed E-state index contributed by atoms with van der Waals surface area (Å²) < 4.78 is 5.39. The minimum absolute atomic E-state index is 0.0954. The molecule has 6 heteroatoms. The molecule has 0 fully saturated rings. The minimum atomic E-state index is -0.257. The monoisotopic (exact) mass is 296 g/mol. The molecule has 2 rings (SSSR count). The van der Waals surface area contributed by atoms with Gasteiger partial charge in [-0.2, -0.15) is 0 Å². The first-order valence-corrected chi connectivity index (χ1v) is 6.91. The van der Waals surface area contributed by atoms with Gasteiger partial charge in [0.2, 0.25) is 0 Å². The van der Waals surface area contributed by atoms with Gasteiger partial charge in [0.25, 0.3) is 5.91 Å². The first kappa shape index (κ1) is 13.8. The lowest BCUT2D eigenvalue weighted by Crippen LogP contribution is -2.20. The molecule has 1 heterocycles. The lowest BCUT2D eigenvalue weighted by atomic mass is 10.2. The maximum atomic E-state index is 11.7. The fourth-order valence-corrected chi connectivity index (χ4v) is 2.31. The molecule has 0 radical (unpaired) electrons. The maximum absolute atomic E-state index is 11.7. The predicted molar refractivity (Wildman–Crippen MR) is 77.2 cm³/mol. The summed E-state index contributed by atoms with van der Waals surface area (Å²) in [6.07, 6.45) is 0. The molecular formula is C13H13ClN2O2S. The summed E-state index contributed by atoms with van der Waals surface area (Å²) in [7, 11) is 0. The molecule has 0 unspecified atom stereocenters. The van der Waals surface area contributed by atoms with Gasteiger partial charge in [0.15, 0.2) is 11.7 Å². The Labute approximate surface area is 120 Å². The smallest absolute Gasteiger partial charge is 0.264 e. The molecule has 0 bridgehead atoms. The number of halogens is 1. The van der Waals surface area contributed by atoms with E-state index in [2.05, 4.69) is 10.3 Å². The van der Waals surface area contributed by atoms with E-state index in [1.807, 2.05) is 25.3 Å². The standard InChI is InChI=1S/C13H13ClN2O2S/c1-8-3-4-10(14)11(5-8)18-6-12(17)16-13-15-9(2)7-19-13/h3-5,7H,6H2,1-2H3,(H,15,16,17). The maximum Gasteiger partial charge on any atom is 0.264 e. The predicted octanol–water partition coefficient (Wildman–Crippen LogP) is 3.43. The van der Waals surface area contributed by atoms with Gasteiger partial charge in [-0.3, -0.25) is 10.1 Å². The van der Waals surface area contributed by atoms with E-state index >= 15 is 0 Å². The van der Waals surface area contributed by atoms with Crippen molar-refractivity contribution in [3.05, 3.63) is 39.9 Å². The van der Waals surface area contributed by atoms with Crippen molar-refractivity contribution in [2.45, 2.75) is 13.8 Å². The number of hydrogen-bond acceptors (Lipinski definition) is 4. The third-order valence-corrected chi connectivity index (χ3v) is 3.50. The van der Waals surface area contributed by atoms with Gasteiger partial charge in [-0.15, -0.1) is 11.3 Å². The largest absolute Gasteiger partial charge is 0.482 e. The number of rotatable bonds is 4. The molecule has 0 spiro atoms. The van der Waals surface area contributed by atoms with Crippen LogP contribution in [0.5, 0.6) is 5.75 Å². The molecule has 0 aliphatic rings. The van der Waals surface area contributed by atoms with E-state index in [0.717, 1.165) is 11.3 Å². The van der Waals surface area contributed by atoms with Crippen molar-refractivity contribution < 1.29 is 9.53 Å². The average Bonchev–Trinajstić information content (AvgIpc) is 2.76. The van der Waals surface area contributed by atoms with Crippen molar-refractivity contribution in [2.75, 3.05) is 11.9 Å². The Morgan fingerprint density at radius 3 is 2.95 bits per heavy atom. The van der Waals surface area contributed by atoms with Gasteiger partial charge in [-0.1, -0.05) is 17.7 Å². The van der Waals surface area contributed by atoms with E-state index in [1.54, 1.807) is 12.1 Å². The van der Waals surface area contributed by atoms with Crippen molar-refractivity contribution in [1.29, 1.82) is 0 Å². The summed E-state index contributed by atoms with van der Waals surface area (Å²) in [5, 5.41) is 5.60. The molecule has 0 aliphatic heterocycles. The molecular weight excluding hydrogens is 284 g/mol. The molecule has 100 valence electrons. The topological polar surface area (TPSA) is 51.2 Å². The Hall–Kier alpha value is -1.59. The van der Waals surface area contributed by atoms with Crippen LogP contribution < -0.4 is 10.1 Å². The number of thiazole rings is 1. The first-order valence-electron chi connectivity index (χ1n) is 5.65. The van der Waals surface area contributed by atoms with E-state index < -0.39 is 0 Å². The number of nitrogens with one attached hydrogen (secondary N) is 1. The van der Waals surface area contributed by atoms with Crippen LogP contribution in [0.15, 0.2) is 23.6 Å². The second-order valence-corrected chi connectivity index (χ2v) is 5.33. The molecule has 0 saturated carbocycles. The number of nitrogens with zero attached hydrogens (tertiary/aromatic N) is 1. The highest BCUT2D eigenvalue weighted by Gasteiger charge is 2.08. The number of hydrogen-bond donors (Lipinski definition) is 1. The number of carbonyl (C=O) groups is 1. The van der Waals surface area contributed by atoms with Crippen LogP contribution in [0.25, 0.3) is 0 Å². The summed E-state index contributed by atoms with van der Waals surface area (Å²) >= 11 is 7.36. The summed E-state index contributed by atoms with van der Waals surface area (Å²) in [5.74, 6) is 0.249. The second kappa shape index (κ2) is 6.04. The van der Waals surface area contributed by atoms with Crippen molar-refractivity contribution >= 4 is 34.0 Å². The van der Waals surface area contributed by atoms with Gasteiger partial charge < -0.3 is 4.74 Å². The Morgan fingerprint density at radius 1 is 1.47 bits per heavy atom. The zero-order valence-electron chi connectivity index (χ0n) is 10.6. The third-order valence-electron chi connectivity index (χ3n) is 2.31. The molecule has 2 aromatic rings. The number of carbonyl (C=O) groups excluding carboxylic acids is 1. The number of anilines is 1. The van der Waals surface area contributed by atoms with E-state index in [1.165, 1.54) is 11.3 Å². The Morgan fingerprint density at radius 2 is 2.26 bits per heavy atom. The average molecular weight is 297 g/mol. The first-order chi connectivity index (χ1) is 9.04. The van der Waals surface area contributed by atoms with Gasteiger partial charge in [-0.25, -0.2) is 4.98 Å². The van der Waals surface area contributed by atoms with Crippen LogP contribution in [0.3, 0.4) is 0 Å². The highest BCUT2D eigenvalue weighted by Crippen LogP contribution is 2.25. The van der Waals surface area contributed by atoms with E-state index in [4.69, 9.17) is 16.3 Å². The molecule has 1 aromatic carbocycles. The summed E-state index contributed by atoms with van der Waals surface area (Å²) in [4.78, 5) is 15.8. The van der Waals surface area contributed by atoms with Gasteiger partial charge in [0.1, 0.15) is 5.75 Å². The van der Waals surface area contributed by atoms with Crippen LogP contribution in [0.1, 0.15) is 11.3 Å². The van der Waals surface area contributed by atoms with Crippen LogP contribution in [-0.2, 0) is 4.79 Å². The van der Waals surface area contributed by atoms with Crippen LogP contribution in [0, 0.1) is 13.8 Å². The van der Waals surface area contributed by atoms with Crippen molar-refractivity contribution in [1.82, 2.24) is 4.98 Å². The Kier molecular flexibility index (Phi) is 4.39. The van der Waals surface area contributed by atoms with Crippen molar-refractivity contribution in [3.63, 3.8) is 0 Å². The Bertz CT molecular complexity index is 598. The van der Waals surface area contributed by atoms with Crippen LogP contribution in [-0.4, -0.2) is 17.5 Å². The molecule has 1 aromatic heterocycles. The van der Waals surface area contributed by atoms with E-state index in [9.17, 15) is 4.79 Å². The Balaban J connectivity index is 1.91. The highest BCUT2D eigenvalue weighted by atomic mass is 35.5. The van der Waals surface area contributed by atoms with Gasteiger partial charge in [0, 0.05) is 5.38 Å². The highest BCUT2D eigenvalue weighted by molar-refractivity contribution is 7.13. The van der Waals surface area contributed by atoms with Crippen LogP contribution >= 0.6 is 22.9 Å². The molecule has 0 aliphatic carbocycles. The van der Waals surface area contributed by atoms with Crippen molar-refractivity contribution in [2.24, 2.45) is 0 Å². The lowest BCUT2D eigenvalue weighted by molar-refractivity contribution is -0.118. The fourth-order valence-electron chi connectivity index (χ4n) is 1.43. The van der Waals surface area contributed by atoms with E-state index in [0.29, 0.717) is 15.9 Å². The quantitative estimate of drug-likeness (QED) is 0.940. The second-order valence-electron chi connectivity index (χ2n) is 4.06. The van der Waals surface area contributed by atoms with Crippen LogP contribution in [0.4, 0.5) is 5.13 Å². The lowest BCUT2D eigenvalue weighted by Gasteiger charge is -2.08. The summed E-state index contributed by atoms with van der Waals surface area (Å²) in [6.45, 7) is 3.71. The van der Waals surface area contributed by atoms with Gasteiger partial charge >= 0.3 is 0 Å². The van der Waals surface area contributed by atoms with Crippen LogP contribution in [0.2, 0.25) is 5.02 Å². The SMILES string of the molecule is Cc1ccc(Cl)c(OCC(=O)Nc2nc(C)cs2)c1. The van der Waals surface area contributed by atoms with Gasteiger partial charge in [-0.05, 0) is 31.5 Å². The normalized spacial score (nSPS) is 10.3. The summed E-state index contributed by atoms with van der Waals surface area (Å²) in [6, 6.07) is 5.42. The summed E-state index contributed by atoms with van der Waals surface area (Å²) in [5.41, 5.74) is 1.90. The minimum Gasteiger partial charge on any atom is -0.482 e. The number of benzene rings is 1. The number of amides is 1. The van der Waals surface area contributed by atoms with E-state index in [-0.39, 0.29) is 12.5 Å². The zero-order chi connectivity index (χ0) is 13.8. The number of ether oxygens (including phenoxy) is 1. The fraction of sp³-hybridized carbons (Fsp3) is 0.231. The molecule has 19 heavy (non-hydrogen) atoms. The van der Waals surface area contributed by atoms with Crippen molar-refractivity contribution in [3.8, 4) is 5.75 Å². The zero-order valence-corrected chi connectivity index (χ0v) is 12.1. The number of aryl methyl sites for hydroxylation is 2. The third kappa shape index (κ3) is 3.94. The molecule has 0 atom stereocenters. The molecule has 0 saturated heterocycles.